The number of nitrogens with zero attached hydrogens (tertiary/aromatic N) is 1. The Hall–Kier alpha value is -2.86. The number of rotatable bonds is 8. The van der Waals surface area contributed by atoms with Gasteiger partial charge in [0.1, 0.15) is 12.4 Å². The number of benzene rings is 2. The van der Waals surface area contributed by atoms with Crippen LogP contribution in [0.1, 0.15) is 35.7 Å². The summed E-state index contributed by atoms with van der Waals surface area (Å²) in [6.07, 6.45) is 1.34. The fraction of sp³-hybridized carbons (Fsp3) is 0.391. The molecule has 2 aromatic rings. The van der Waals surface area contributed by atoms with Crippen molar-refractivity contribution in [3.8, 4) is 5.75 Å². The molecule has 6 heteroatoms. The van der Waals surface area contributed by atoms with E-state index in [9.17, 15) is 9.59 Å². The predicted molar refractivity (Wildman–Crippen MR) is 109 cm³/mol. The molecule has 1 fully saturated rings. The lowest BCUT2D eigenvalue weighted by Crippen LogP contribution is -2.37. The minimum absolute atomic E-state index is 0.138. The molecular formula is C23H27NO5. The molecule has 0 aromatic heterocycles. The summed E-state index contributed by atoms with van der Waals surface area (Å²) in [4.78, 5) is 26.4. The van der Waals surface area contributed by atoms with Crippen LogP contribution in [0.15, 0.2) is 54.6 Å². The molecule has 1 aliphatic rings. The average Bonchev–Trinajstić information content (AvgIpc) is 3.26. The zero-order valence-corrected chi connectivity index (χ0v) is 16.9. The summed E-state index contributed by atoms with van der Waals surface area (Å²) in [5, 5.41) is 0. The van der Waals surface area contributed by atoms with E-state index < -0.39 is 12.1 Å². The second kappa shape index (κ2) is 10.1. The van der Waals surface area contributed by atoms with Crippen molar-refractivity contribution in [2.75, 3.05) is 20.3 Å². The van der Waals surface area contributed by atoms with Crippen LogP contribution in [0.4, 0.5) is 0 Å². The van der Waals surface area contributed by atoms with Gasteiger partial charge >= 0.3 is 5.97 Å². The molecule has 0 saturated carbocycles. The highest BCUT2D eigenvalue weighted by Crippen LogP contribution is 2.17. The molecule has 1 heterocycles. The SMILES string of the molecule is C[C@H](OC(=O)c1ccc(OC[C@H]2CCCO2)cc1)C(=O)N(C)Cc1ccccc1. The van der Waals surface area contributed by atoms with Gasteiger partial charge < -0.3 is 19.1 Å². The molecule has 29 heavy (non-hydrogen) atoms. The third kappa shape index (κ3) is 6.06. The Kier molecular flexibility index (Phi) is 7.25. The number of hydrogen-bond donors (Lipinski definition) is 0. The highest BCUT2D eigenvalue weighted by molar-refractivity contribution is 5.92. The zero-order chi connectivity index (χ0) is 20.6. The van der Waals surface area contributed by atoms with Gasteiger partial charge in [0.2, 0.25) is 0 Å². The van der Waals surface area contributed by atoms with E-state index in [2.05, 4.69) is 0 Å². The summed E-state index contributed by atoms with van der Waals surface area (Å²) in [7, 11) is 1.69. The topological polar surface area (TPSA) is 65.1 Å². The van der Waals surface area contributed by atoms with Gasteiger partial charge in [-0.05, 0) is 49.6 Å². The van der Waals surface area contributed by atoms with Crippen LogP contribution < -0.4 is 4.74 Å². The van der Waals surface area contributed by atoms with Gasteiger partial charge in [0.25, 0.3) is 5.91 Å². The fourth-order valence-electron chi connectivity index (χ4n) is 3.18. The number of likely N-dealkylation sites (N-methyl/N-ethyl adjacent to an activating group) is 1. The molecule has 1 aliphatic heterocycles. The largest absolute Gasteiger partial charge is 0.491 e. The van der Waals surface area contributed by atoms with Gasteiger partial charge in [-0.25, -0.2) is 4.79 Å². The molecule has 1 amide bonds. The average molecular weight is 397 g/mol. The molecular weight excluding hydrogens is 370 g/mol. The quantitative estimate of drug-likeness (QED) is 0.639. The third-order valence-corrected chi connectivity index (χ3v) is 4.82. The first-order chi connectivity index (χ1) is 14.0. The first-order valence-corrected chi connectivity index (χ1v) is 9.87. The molecule has 0 radical (unpaired) electrons. The van der Waals surface area contributed by atoms with Gasteiger partial charge in [-0.15, -0.1) is 0 Å². The van der Waals surface area contributed by atoms with Gasteiger partial charge in [0.05, 0.1) is 11.7 Å². The van der Waals surface area contributed by atoms with E-state index in [1.54, 1.807) is 43.1 Å². The van der Waals surface area contributed by atoms with Gasteiger partial charge in [-0.3, -0.25) is 4.79 Å². The van der Waals surface area contributed by atoms with Crippen molar-refractivity contribution in [1.82, 2.24) is 4.90 Å². The van der Waals surface area contributed by atoms with Crippen LogP contribution in [0.25, 0.3) is 0 Å². The molecule has 1 saturated heterocycles. The second-order valence-corrected chi connectivity index (χ2v) is 7.20. The molecule has 6 nitrogen and oxygen atoms in total. The summed E-state index contributed by atoms with van der Waals surface area (Å²) in [6, 6.07) is 16.4. The van der Waals surface area contributed by atoms with Crippen LogP contribution in [0.5, 0.6) is 5.75 Å². The zero-order valence-electron chi connectivity index (χ0n) is 16.9. The highest BCUT2D eigenvalue weighted by Gasteiger charge is 2.22. The Morgan fingerprint density at radius 1 is 1.14 bits per heavy atom. The summed E-state index contributed by atoms with van der Waals surface area (Å²) in [6.45, 7) is 3.33. The fourth-order valence-corrected chi connectivity index (χ4v) is 3.18. The van der Waals surface area contributed by atoms with Crippen LogP contribution >= 0.6 is 0 Å². The minimum atomic E-state index is -0.869. The van der Waals surface area contributed by atoms with Crippen molar-refractivity contribution in [2.24, 2.45) is 0 Å². The molecule has 2 atom stereocenters. The molecule has 0 bridgehead atoms. The van der Waals surface area contributed by atoms with E-state index in [-0.39, 0.29) is 12.0 Å². The van der Waals surface area contributed by atoms with E-state index in [1.807, 2.05) is 30.3 Å². The minimum Gasteiger partial charge on any atom is -0.491 e. The van der Waals surface area contributed by atoms with Crippen molar-refractivity contribution in [3.63, 3.8) is 0 Å². The van der Waals surface area contributed by atoms with Gasteiger partial charge in [-0.2, -0.15) is 0 Å². The van der Waals surface area contributed by atoms with Crippen molar-refractivity contribution in [2.45, 2.75) is 38.5 Å². The first kappa shape index (κ1) is 20.9. The Morgan fingerprint density at radius 2 is 1.86 bits per heavy atom. The number of carbonyl (C=O) groups excluding carboxylic acids is 2. The third-order valence-electron chi connectivity index (χ3n) is 4.82. The van der Waals surface area contributed by atoms with E-state index in [4.69, 9.17) is 14.2 Å². The van der Waals surface area contributed by atoms with Gasteiger partial charge in [0, 0.05) is 20.2 Å². The first-order valence-electron chi connectivity index (χ1n) is 9.87. The molecule has 0 unspecified atom stereocenters. The molecule has 3 rings (SSSR count). The lowest BCUT2D eigenvalue weighted by atomic mass is 10.2. The number of carbonyl (C=O) groups is 2. The van der Waals surface area contributed by atoms with E-state index in [0.29, 0.717) is 24.5 Å². The smallest absolute Gasteiger partial charge is 0.338 e. The van der Waals surface area contributed by atoms with Gasteiger partial charge in [-0.1, -0.05) is 30.3 Å². The maximum atomic E-state index is 12.5. The van der Waals surface area contributed by atoms with Gasteiger partial charge in [0.15, 0.2) is 6.10 Å². The van der Waals surface area contributed by atoms with Crippen LogP contribution in [-0.4, -0.2) is 49.2 Å². The Morgan fingerprint density at radius 3 is 2.52 bits per heavy atom. The monoisotopic (exact) mass is 397 g/mol. The highest BCUT2D eigenvalue weighted by atomic mass is 16.5. The van der Waals surface area contributed by atoms with Crippen molar-refractivity contribution in [3.05, 3.63) is 65.7 Å². The maximum Gasteiger partial charge on any atom is 0.338 e. The number of ether oxygens (including phenoxy) is 3. The number of amides is 1. The molecule has 0 aliphatic carbocycles. The Bertz CT molecular complexity index is 800. The summed E-state index contributed by atoms with van der Waals surface area (Å²) < 4.78 is 16.6. The van der Waals surface area contributed by atoms with E-state index in [1.165, 1.54) is 0 Å². The van der Waals surface area contributed by atoms with Crippen LogP contribution in [0.3, 0.4) is 0 Å². The Balaban J connectivity index is 1.48. The van der Waals surface area contributed by atoms with E-state index in [0.717, 1.165) is 25.0 Å². The van der Waals surface area contributed by atoms with E-state index >= 15 is 0 Å². The molecule has 154 valence electrons. The van der Waals surface area contributed by atoms with Crippen molar-refractivity contribution >= 4 is 11.9 Å². The number of esters is 1. The summed E-state index contributed by atoms with van der Waals surface area (Å²) in [5.41, 5.74) is 1.39. The lowest BCUT2D eigenvalue weighted by molar-refractivity contribution is -0.139. The summed E-state index contributed by atoms with van der Waals surface area (Å²) >= 11 is 0. The van der Waals surface area contributed by atoms with Crippen LogP contribution in [0.2, 0.25) is 0 Å². The normalized spacial score (nSPS) is 16.8. The maximum absolute atomic E-state index is 12.5. The van der Waals surface area contributed by atoms with Crippen molar-refractivity contribution in [1.29, 1.82) is 0 Å². The molecule has 0 N–H and O–H groups in total. The summed E-state index contributed by atoms with van der Waals surface area (Å²) in [5.74, 6) is -0.118. The lowest BCUT2D eigenvalue weighted by Gasteiger charge is -2.21. The molecule has 0 spiro atoms. The van der Waals surface area contributed by atoms with Crippen LogP contribution in [-0.2, 0) is 20.8 Å². The number of hydrogen-bond acceptors (Lipinski definition) is 5. The predicted octanol–water partition coefficient (Wildman–Crippen LogP) is 3.45. The van der Waals surface area contributed by atoms with Crippen LogP contribution in [0, 0.1) is 0 Å². The molecule has 2 aromatic carbocycles. The Labute approximate surface area is 171 Å². The van der Waals surface area contributed by atoms with Crippen molar-refractivity contribution < 1.29 is 23.8 Å². The standard InChI is InChI=1S/C23H27NO5/c1-17(22(25)24(2)15-18-7-4-3-5-8-18)29-23(26)19-10-12-20(13-11-19)28-16-21-9-6-14-27-21/h3-5,7-8,10-13,17,21H,6,9,14-16H2,1-2H3/t17-,21+/m0/s1. The second-order valence-electron chi connectivity index (χ2n) is 7.20.